The number of aromatic nitrogens is 1. The molecule has 2 amide bonds. The first-order chi connectivity index (χ1) is 16.9. The van der Waals surface area contributed by atoms with E-state index in [1.807, 2.05) is 17.6 Å². The number of ether oxygens (including phenoxy) is 2. The van der Waals surface area contributed by atoms with Crippen LogP contribution in [0.25, 0.3) is 10.2 Å². The molecule has 0 saturated heterocycles. The third-order valence-electron chi connectivity index (χ3n) is 7.43. The molecule has 0 bridgehead atoms. The van der Waals surface area contributed by atoms with E-state index < -0.39 is 5.54 Å². The van der Waals surface area contributed by atoms with Gasteiger partial charge < -0.3 is 19.4 Å². The van der Waals surface area contributed by atoms with E-state index in [2.05, 4.69) is 18.3 Å². The lowest BCUT2D eigenvalue weighted by atomic mass is 9.90. The van der Waals surface area contributed by atoms with Crippen LogP contribution in [0.4, 0.5) is 5.69 Å². The molecule has 1 N–H and O–H groups in total. The zero-order chi connectivity index (χ0) is 24.7. The van der Waals surface area contributed by atoms with Gasteiger partial charge in [0.15, 0.2) is 0 Å². The van der Waals surface area contributed by atoms with E-state index in [1.165, 1.54) is 11.3 Å². The van der Waals surface area contributed by atoms with Gasteiger partial charge in [0.05, 0.1) is 36.7 Å². The molecule has 1 atom stereocenters. The van der Waals surface area contributed by atoms with Crippen molar-refractivity contribution in [2.24, 2.45) is 0 Å². The van der Waals surface area contributed by atoms with Crippen LogP contribution in [-0.4, -0.2) is 42.2 Å². The Labute approximate surface area is 210 Å². The lowest BCUT2D eigenvalue weighted by Crippen LogP contribution is -2.65. The van der Waals surface area contributed by atoms with Gasteiger partial charge in [0, 0.05) is 17.0 Å². The minimum Gasteiger partial charge on any atom is -0.497 e. The van der Waals surface area contributed by atoms with Gasteiger partial charge in [0.2, 0.25) is 5.91 Å². The second-order valence-corrected chi connectivity index (χ2v) is 10.9. The molecule has 2 aliphatic rings. The number of benzene rings is 1. The quantitative estimate of drug-likeness (QED) is 0.513. The molecule has 35 heavy (non-hydrogen) atoms. The normalized spacial score (nSPS) is 20.7. The number of carbonyl (C=O) groups is 2. The van der Waals surface area contributed by atoms with E-state index in [-0.39, 0.29) is 17.9 Å². The summed E-state index contributed by atoms with van der Waals surface area (Å²) in [5, 5.41) is 3.29. The fraction of sp³-hybridized carbons (Fsp3) is 0.481. The van der Waals surface area contributed by atoms with Gasteiger partial charge >= 0.3 is 0 Å². The molecule has 7 nitrogen and oxygen atoms in total. The average Bonchev–Trinajstić information content (AvgIpc) is 3.43. The zero-order valence-electron chi connectivity index (χ0n) is 20.8. The molecule has 1 aliphatic carbocycles. The number of aryl methyl sites for hydroxylation is 1. The molecule has 8 heteroatoms. The molecule has 1 aromatic carbocycles. The minimum atomic E-state index is -1.15. The Morgan fingerprint density at radius 1 is 1.14 bits per heavy atom. The van der Waals surface area contributed by atoms with Crippen molar-refractivity contribution in [3.63, 3.8) is 0 Å². The van der Waals surface area contributed by atoms with Gasteiger partial charge in [-0.1, -0.05) is 26.2 Å². The lowest BCUT2D eigenvalue weighted by molar-refractivity contribution is -0.127. The number of fused-ring (bicyclic) bond motifs is 3. The summed E-state index contributed by atoms with van der Waals surface area (Å²) >= 11 is 1.70. The summed E-state index contributed by atoms with van der Waals surface area (Å²) in [6.45, 7) is 4.35. The molecule has 5 rings (SSSR count). The predicted molar refractivity (Wildman–Crippen MR) is 139 cm³/mol. The van der Waals surface area contributed by atoms with Crippen molar-refractivity contribution in [1.82, 2.24) is 9.88 Å². The summed E-state index contributed by atoms with van der Waals surface area (Å²) in [4.78, 5) is 31.0. The first-order valence-corrected chi connectivity index (χ1v) is 13.2. The van der Waals surface area contributed by atoms with Gasteiger partial charge in [-0.05, 0) is 50.5 Å². The molecule has 1 fully saturated rings. The number of nitrogens with one attached hydrogen (secondary N) is 1. The molecule has 2 aromatic heterocycles. The predicted octanol–water partition coefficient (Wildman–Crippen LogP) is 5.15. The minimum absolute atomic E-state index is 0.135. The van der Waals surface area contributed by atoms with E-state index in [1.54, 1.807) is 48.7 Å². The summed E-state index contributed by atoms with van der Waals surface area (Å²) in [5.74, 6) is 0.760. The number of anilines is 1. The number of methoxy groups -OCH3 is 2. The van der Waals surface area contributed by atoms with Crippen LogP contribution in [0.15, 0.2) is 30.3 Å². The Morgan fingerprint density at radius 2 is 1.91 bits per heavy atom. The molecule has 0 unspecified atom stereocenters. The largest absolute Gasteiger partial charge is 0.497 e. The SMILES string of the molecule is CCc1cc2c(cc3n2C[C@](C)(C(=O)NC2CCCCC2)N(c2cc(OC)ccc2OC)C3=O)s1. The van der Waals surface area contributed by atoms with Gasteiger partial charge in [-0.15, -0.1) is 11.3 Å². The van der Waals surface area contributed by atoms with Gasteiger partial charge in [-0.25, -0.2) is 0 Å². The number of hydrogen-bond acceptors (Lipinski definition) is 5. The first-order valence-electron chi connectivity index (χ1n) is 12.4. The van der Waals surface area contributed by atoms with Crippen LogP contribution in [0.3, 0.4) is 0 Å². The fourth-order valence-corrected chi connectivity index (χ4v) is 6.48. The highest BCUT2D eigenvalue weighted by Crippen LogP contribution is 2.42. The van der Waals surface area contributed by atoms with Gasteiger partial charge in [0.1, 0.15) is 22.7 Å². The Balaban J connectivity index is 1.65. The molecule has 3 heterocycles. The molecule has 0 spiro atoms. The molecular formula is C27H33N3O4S. The highest BCUT2D eigenvalue weighted by molar-refractivity contribution is 7.19. The number of rotatable bonds is 6. The topological polar surface area (TPSA) is 72.8 Å². The molecule has 0 radical (unpaired) electrons. The highest BCUT2D eigenvalue weighted by atomic mass is 32.1. The van der Waals surface area contributed by atoms with Crippen molar-refractivity contribution in [3.8, 4) is 11.5 Å². The van der Waals surface area contributed by atoms with Crippen LogP contribution in [0.1, 0.15) is 61.3 Å². The van der Waals surface area contributed by atoms with Crippen molar-refractivity contribution >= 4 is 39.1 Å². The third kappa shape index (κ3) is 3.97. The number of carbonyl (C=O) groups excluding carboxylic acids is 2. The van der Waals surface area contributed by atoms with Crippen LogP contribution < -0.4 is 19.7 Å². The summed E-state index contributed by atoms with van der Waals surface area (Å²) in [6, 6.07) is 9.59. The zero-order valence-corrected chi connectivity index (χ0v) is 21.7. The Morgan fingerprint density at radius 3 is 2.60 bits per heavy atom. The summed E-state index contributed by atoms with van der Waals surface area (Å²) in [6.07, 6.45) is 6.33. The summed E-state index contributed by atoms with van der Waals surface area (Å²) in [7, 11) is 3.16. The maximum Gasteiger partial charge on any atom is 0.276 e. The number of amides is 2. The summed E-state index contributed by atoms with van der Waals surface area (Å²) in [5.41, 5.74) is 0.982. The van der Waals surface area contributed by atoms with Gasteiger partial charge in [-0.3, -0.25) is 14.5 Å². The fourth-order valence-electron chi connectivity index (χ4n) is 5.44. The number of hydrogen-bond donors (Lipinski definition) is 1. The number of nitrogens with zero attached hydrogens (tertiary/aromatic N) is 2. The van der Waals surface area contributed by atoms with Crippen molar-refractivity contribution in [2.45, 2.75) is 70.5 Å². The maximum absolute atomic E-state index is 14.2. The van der Waals surface area contributed by atoms with Crippen LogP contribution in [0, 0.1) is 0 Å². The van der Waals surface area contributed by atoms with Crippen molar-refractivity contribution in [3.05, 3.63) is 40.9 Å². The van der Waals surface area contributed by atoms with Crippen molar-refractivity contribution in [2.75, 3.05) is 19.1 Å². The molecule has 3 aromatic rings. The van der Waals surface area contributed by atoms with E-state index in [0.29, 0.717) is 29.4 Å². The van der Waals surface area contributed by atoms with E-state index in [9.17, 15) is 9.59 Å². The van der Waals surface area contributed by atoms with Crippen LogP contribution in [-0.2, 0) is 17.8 Å². The first kappa shape index (κ1) is 23.7. The van der Waals surface area contributed by atoms with E-state index in [0.717, 1.165) is 42.3 Å². The van der Waals surface area contributed by atoms with E-state index in [4.69, 9.17) is 9.47 Å². The van der Waals surface area contributed by atoms with Gasteiger partial charge in [0.25, 0.3) is 5.91 Å². The standard InChI is InChI=1S/C27H33N3O4S/c1-5-19-14-21-24(35-19)15-22-25(31)30(20-13-18(33-3)11-12-23(20)34-4)27(2,16-29(21)22)26(32)28-17-9-7-6-8-10-17/h11-15,17H,5-10,16H2,1-4H3,(H,28,32)/t27-/m1/s1. The van der Waals surface area contributed by atoms with Crippen LogP contribution in [0.2, 0.25) is 0 Å². The molecule has 1 saturated carbocycles. The van der Waals surface area contributed by atoms with Crippen molar-refractivity contribution in [1.29, 1.82) is 0 Å². The maximum atomic E-state index is 14.2. The smallest absolute Gasteiger partial charge is 0.276 e. The number of thiophene rings is 1. The second kappa shape index (κ2) is 9.22. The third-order valence-corrected chi connectivity index (χ3v) is 8.64. The Bertz CT molecular complexity index is 1270. The average molecular weight is 496 g/mol. The second-order valence-electron chi connectivity index (χ2n) is 9.69. The molecule has 186 valence electrons. The summed E-state index contributed by atoms with van der Waals surface area (Å²) < 4.78 is 14.2. The Hall–Kier alpha value is -3.00. The highest BCUT2D eigenvalue weighted by Gasteiger charge is 2.50. The van der Waals surface area contributed by atoms with Crippen molar-refractivity contribution < 1.29 is 19.1 Å². The van der Waals surface area contributed by atoms with Crippen LogP contribution >= 0.6 is 11.3 Å². The van der Waals surface area contributed by atoms with Gasteiger partial charge in [-0.2, -0.15) is 0 Å². The lowest BCUT2D eigenvalue weighted by Gasteiger charge is -2.45. The van der Waals surface area contributed by atoms with Crippen LogP contribution in [0.5, 0.6) is 11.5 Å². The Kier molecular flexibility index (Phi) is 6.25. The van der Waals surface area contributed by atoms with E-state index >= 15 is 0 Å². The monoisotopic (exact) mass is 495 g/mol. The molecular weight excluding hydrogens is 462 g/mol. The molecule has 1 aliphatic heterocycles.